The molecule has 0 fully saturated rings. The molecule has 108 valence electrons. The molecule has 0 radical (unpaired) electrons. The van der Waals surface area contributed by atoms with E-state index in [1.807, 2.05) is 0 Å². The number of aromatic nitrogens is 2. The predicted molar refractivity (Wildman–Crippen MR) is 90.0 cm³/mol. The monoisotopic (exact) mass is 297 g/mol. The molecule has 3 nitrogen and oxygen atoms in total. The molecule has 0 bridgehead atoms. The van der Waals surface area contributed by atoms with Crippen molar-refractivity contribution in [3.05, 3.63) is 52.7 Å². The molecule has 0 saturated carbocycles. The van der Waals surface area contributed by atoms with Crippen molar-refractivity contribution in [2.24, 2.45) is 0 Å². The Bertz CT molecular complexity index is 744. The van der Waals surface area contributed by atoms with E-state index in [4.69, 9.17) is 0 Å². The van der Waals surface area contributed by atoms with Gasteiger partial charge in [0.2, 0.25) is 0 Å². The summed E-state index contributed by atoms with van der Waals surface area (Å²) < 4.78 is 0. The van der Waals surface area contributed by atoms with E-state index in [2.05, 4.69) is 65.7 Å². The Hall–Kier alpha value is -1.94. The highest BCUT2D eigenvalue weighted by molar-refractivity contribution is 7.17. The fraction of sp³-hybridized carbons (Fsp3) is 0.294. The van der Waals surface area contributed by atoms with Crippen molar-refractivity contribution in [3.8, 4) is 0 Å². The lowest BCUT2D eigenvalue weighted by Gasteiger charge is -2.09. The first-order chi connectivity index (χ1) is 10.1. The van der Waals surface area contributed by atoms with Gasteiger partial charge < -0.3 is 5.32 Å². The maximum atomic E-state index is 4.39. The van der Waals surface area contributed by atoms with E-state index in [1.54, 1.807) is 17.7 Å². The van der Waals surface area contributed by atoms with Crippen LogP contribution in [0.15, 0.2) is 36.0 Å². The van der Waals surface area contributed by atoms with Crippen LogP contribution in [0.2, 0.25) is 0 Å². The molecule has 4 heteroatoms. The van der Waals surface area contributed by atoms with E-state index in [-0.39, 0.29) is 0 Å². The van der Waals surface area contributed by atoms with Gasteiger partial charge in [0.1, 0.15) is 17.0 Å². The summed E-state index contributed by atoms with van der Waals surface area (Å²) in [5.41, 5.74) is 3.86. The molecule has 1 N–H and O–H groups in total. The zero-order valence-electron chi connectivity index (χ0n) is 12.6. The van der Waals surface area contributed by atoms with Crippen LogP contribution in [0.25, 0.3) is 10.2 Å². The lowest BCUT2D eigenvalue weighted by atomic mass is 10.0. The highest BCUT2D eigenvalue weighted by Gasteiger charge is 2.08. The summed E-state index contributed by atoms with van der Waals surface area (Å²) in [7, 11) is 0. The van der Waals surface area contributed by atoms with Gasteiger partial charge in [0.15, 0.2) is 0 Å². The summed E-state index contributed by atoms with van der Waals surface area (Å²) >= 11 is 1.66. The Balaban J connectivity index is 1.78. The number of thiophene rings is 1. The largest absolute Gasteiger partial charge is 0.365 e. The average molecular weight is 297 g/mol. The summed E-state index contributed by atoms with van der Waals surface area (Å²) in [5.74, 6) is 1.49. The van der Waals surface area contributed by atoms with E-state index >= 15 is 0 Å². The SMILES string of the molecule is Cc1csc2ncnc(NCc3ccc(C(C)C)cc3)c12. The summed E-state index contributed by atoms with van der Waals surface area (Å²) in [6.45, 7) is 7.30. The van der Waals surface area contributed by atoms with Gasteiger partial charge in [0, 0.05) is 6.54 Å². The van der Waals surface area contributed by atoms with Crippen LogP contribution >= 0.6 is 11.3 Å². The van der Waals surface area contributed by atoms with Gasteiger partial charge in [-0.3, -0.25) is 0 Å². The maximum absolute atomic E-state index is 4.39. The van der Waals surface area contributed by atoms with Crippen molar-refractivity contribution in [3.63, 3.8) is 0 Å². The van der Waals surface area contributed by atoms with Crippen molar-refractivity contribution in [1.29, 1.82) is 0 Å². The number of aryl methyl sites for hydroxylation is 1. The average Bonchev–Trinajstić information content (AvgIpc) is 2.88. The number of fused-ring (bicyclic) bond motifs is 1. The Labute approximate surface area is 129 Å². The van der Waals surface area contributed by atoms with Crippen LogP contribution < -0.4 is 5.32 Å². The first-order valence-electron chi connectivity index (χ1n) is 7.16. The third-order valence-corrected chi connectivity index (χ3v) is 4.66. The fourth-order valence-corrected chi connectivity index (χ4v) is 3.25. The van der Waals surface area contributed by atoms with Crippen LogP contribution in [0.3, 0.4) is 0 Å². The Kier molecular flexibility index (Phi) is 3.88. The Morgan fingerprint density at radius 3 is 2.62 bits per heavy atom. The van der Waals surface area contributed by atoms with Gasteiger partial charge in [-0.1, -0.05) is 38.1 Å². The second-order valence-electron chi connectivity index (χ2n) is 5.57. The minimum atomic E-state index is 0.571. The molecule has 1 aromatic carbocycles. The standard InChI is InChI=1S/C17H19N3S/c1-11(2)14-6-4-13(5-7-14)8-18-16-15-12(3)9-21-17(15)20-10-19-16/h4-7,9-11H,8H2,1-3H3,(H,18,19,20). The smallest absolute Gasteiger partial charge is 0.138 e. The zero-order chi connectivity index (χ0) is 14.8. The normalized spacial score (nSPS) is 11.2. The number of anilines is 1. The van der Waals surface area contributed by atoms with Crippen molar-refractivity contribution >= 4 is 27.4 Å². The molecule has 0 spiro atoms. The second kappa shape index (κ2) is 5.82. The molecule has 0 saturated heterocycles. The minimum absolute atomic E-state index is 0.571. The number of hydrogen-bond donors (Lipinski definition) is 1. The first kappa shape index (κ1) is 14.0. The fourth-order valence-electron chi connectivity index (χ4n) is 2.36. The van der Waals surface area contributed by atoms with Crippen molar-refractivity contribution in [2.75, 3.05) is 5.32 Å². The Morgan fingerprint density at radius 2 is 1.90 bits per heavy atom. The van der Waals surface area contributed by atoms with Crippen LogP contribution in [-0.4, -0.2) is 9.97 Å². The molecular weight excluding hydrogens is 278 g/mol. The molecular formula is C17H19N3S. The number of benzene rings is 1. The molecule has 0 aliphatic rings. The van der Waals surface area contributed by atoms with Gasteiger partial charge in [-0.25, -0.2) is 9.97 Å². The van der Waals surface area contributed by atoms with Crippen molar-refractivity contribution < 1.29 is 0 Å². The van der Waals surface area contributed by atoms with Gasteiger partial charge >= 0.3 is 0 Å². The zero-order valence-corrected chi connectivity index (χ0v) is 13.4. The molecule has 0 aliphatic heterocycles. The van der Waals surface area contributed by atoms with Gasteiger partial charge in [-0.2, -0.15) is 0 Å². The lowest BCUT2D eigenvalue weighted by molar-refractivity contribution is 0.865. The molecule has 2 aromatic heterocycles. The van der Waals surface area contributed by atoms with Crippen LogP contribution in [0.4, 0.5) is 5.82 Å². The summed E-state index contributed by atoms with van der Waals surface area (Å²) in [4.78, 5) is 9.74. The predicted octanol–water partition coefficient (Wildman–Crippen LogP) is 4.74. The third kappa shape index (κ3) is 2.90. The van der Waals surface area contributed by atoms with Gasteiger partial charge in [0.25, 0.3) is 0 Å². The molecule has 0 aliphatic carbocycles. The topological polar surface area (TPSA) is 37.8 Å². The van der Waals surface area contributed by atoms with E-state index < -0.39 is 0 Å². The van der Waals surface area contributed by atoms with Gasteiger partial charge in [-0.05, 0) is 34.9 Å². The lowest BCUT2D eigenvalue weighted by Crippen LogP contribution is -2.02. The third-order valence-electron chi connectivity index (χ3n) is 3.66. The summed E-state index contributed by atoms with van der Waals surface area (Å²) in [5, 5.41) is 6.70. The van der Waals surface area contributed by atoms with Crippen LogP contribution in [0, 0.1) is 6.92 Å². The minimum Gasteiger partial charge on any atom is -0.365 e. The van der Waals surface area contributed by atoms with E-state index in [9.17, 15) is 0 Å². The highest BCUT2D eigenvalue weighted by Crippen LogP contribution is 2.28. The molecule has 2 heterocycles. The molecule has 3 rings (SSSR count). The number of nitrogens with one attached hydrogen (secondary N) is 1. The van der Waals surface area contributed by atoms with E-state index in [1.165, 1.54) is 16.7 Å². The molecule has 0 atom stereocenters. The number of nitrogens with zero attached hydrogens (tertiary/aromatic N) is 2. The maximum Gasteiger partial charge on any atom is 0.138 e. The molecule has 0 amide bonds. The van der Waals surface area contributed by atoms with Crippen molar-refractivity contribution in [1.82, 2.24) is 9.97 Å². The van der Waals surface area contributed by atoms with E-state index in [0.717, 1.165) is 22.6 Å². The van der Waals surface area contributed by atoms with Crippen molar-refractivity contribution in [2.45, 2.75) is 33.2 Å². The summed E-state index contributed by atoms with van der Waals surface area (Å²) in [6.07, 6.45) is 1.63. The molecule has 3 aromatic rings. The number of rotatable bonds is 4. The summed E-state index contributed by atoms with van der Waals surface area (Å²) in [6, 6.07) is 8.77. The van der Waals surface area contributed by atoms with Crippen LogP contribution in [-0.2, 0) is 6.54 Å². The first-order valence-corrected chi connectivity index (χ1v) is 8.04. The van der Waals surface area contributed by atoms with Crippen LogP contribution in [0.5, 0.6) is 0 Å². The quantitative estimate of drug-likeness (QED) is 0.756. The highest BCUT2D eigenvalue weighted by atomic mass is 32.1. The number of hydrogen-bond acceptors (Lipinski definition) is 4. The molecule has 21 heavy (non-hydrogen) atoms. The van der Waals surface area contributed by atoms with Gasteiger partial charge in [-0.15, -0.1) is 11.3 Å². The van der Waals surface area contributed by atoms with Gasteiger partial charge in [0.05, 0.1) is 5.39 Å². The Morgan fingerprint density at radius 1 is 1.14 bits per heavy atom. The molecule has 0 unspecified atom stereocenters. The second-order valence-corrected chi connectivity index (χ2v) is 6.43. The van der Waals surface area contributed by atoms with E-state index in [0.29, 0.717) is 5.92 Å². The van der Waals surface area contributed by atoms with Crippen LogP contribution in [0.1, 0.15) is 36.5 Å².